The second-order valence-electron chi connectivity index (χ2n) is 5.98. The van der Waals surface area contributed by atoms with Gasteiger partial charge in [-0.1, -0.05) is 12.1 Å². The maximum Gasteiger partial charge on any atom is 0.413 e. The van der Waals surface area contributed by atoms with Crippen molar-refractivity contribution in [2.75, 3.05) is 0 Å². The molecule has 0 bridgehead atoms. The number of hydrogen-bond acceptors (Lipinski definition) is 3. The molecule has 0 saturated heterocycles. The van der Waals surface area contributed by atoms with Crippen LogP contribution < -0.4 is 10.1 Å². The molecule has 0 radical (unpaired) electrons. The minimum atomic E-state index is -0.455. The van der Waals surface area contributed by atoms with E-state index in [1.54, 1.807) is 18.5 Å². The predicted octanol–water partition coefficient (Wildman–Crippen LogP) is 3.94. The van der Waals surface area contributed by atoms with E-state index >= 15 is 0 Å². The summed E-state index contributed by atoms with van der Waals surface area (Å²) >= 11 is 0. The Balaban J connectivity index is 2.22. The number of carbonyl (C=O) groups is 1. The third kappa shape index (κ3) is 4.31. The zero-order valence-electron chi connectivity index (χ0n) is 12.8. The van der Waals surface area contributed by atoms with E-state index in [0.29, 0.717) is 5.75 Å². The molecule has 1 heterocycles. The van der Waals surface area contributed by atoms with Crippen LogP contribution in [0.15, 0.2) is 42.7 Å². The first-order chi connectivity index (χ1) is 9.85. The molecule has 0 atom stereocenters. The first-order valence-corrected chi connectivity index (χ1v) is 6.86. The van der Waals surface area contributed by atoms with Gasteiger partial charge in [0.2, 0.25) is 0 Å². The number of pyridine rings is 1. The highest BCUT2D eigenvalue weighted by molar-refractivity contribution is 5.73. The summed E-state index contributed by atoms with van der Waals surface area (Å²) in [6.45, 7) is 7.74. The average molecular weight is 284 g/mol. The number of benzene rings is 1. The van der Waals surface area contributed by atoms with Crippen molar-refractivity contribution in [3.05, 3.63) is 48.3 Å². The zero-order chi connectivity index (χ0) is 15.5. The lowest BCUT2D eigenvalue weighted by Gasteiger charge is -2.20. The van der Waals surface area contributed by atoms with Gasteiger partial charge in [-0.25, -0.2) is 4.79 Å². The van der Waals surface area contributed by atoms with Crippen LogP contribution in [0, 0.1) is 6.92 Å². The summed E-state index contributed by atoms with van der Waals surface area (Å²) in [4.78, 5) is 15.9. The van der Waals surface area contributed by atoms with Crippen LogP contribution in [0.2, 0.25) is 0 Å². The summed E-state index contributed by atoms with van der Waals surface area (Å²) in [5.41, 5.74) is 2.78. The zero-order valence-corrected chi connectivity index (χ0v) is 12.8. The largest absolute Gasteiger partial charge is 0.413 e. The Bertz CT molecular complexity index is 631. The summed E-state index contributed by atoms with van der Waals surface area (Å²) in [5.74, 6) is 0.515. The van der Waals surface area contributed by atoms with E-state index in [1.165, 1.54) is 0 Å². The number of aryl methyl sites for hydroxylation is 1. The Morgan fingerprint density at radius 2 is 2.00 bits per heavy atom. The lowest BCUT2D eigenvalue weighted by molar-refractivity contribution is 0.190. The van der Waals surface area contributed by atoms with Crippen LogP contribution in [0.4, 0.5) is 4.79 Å². The van der Waals surface area contributed by atoms with Gasteiger partial charge in [0.25, 0.3) is 0 Å². The number of nitrogens with one attached hydrogen (secondary N) is 1. The summed E-state index contributed by atoms with van der Waals surface area (Å²) in [6.07, 6.45) is 3.07. The fourth-order valence-electron chi connectivity index (χ4n) is 1.94. The molecule has 0 unspecified atom stereocenters. The van der Waals surface area contributed by atoms with Gasteiger partial charge in [-0.3, -0.25) is 4.98 Å². The molecule has 1 amide bonds. The minimum Gasteiger partial charge on any atom is -0.410 e. The molecule has 0 fully saturated rings. The Morgan fingerprint density at radius 1 is 1.24 bits per heavy atom. The monoisotopic (exact) mass is 284 g/mol. The molecule has 0 spiro atoms. The molecule has 1 aromatic heterocycles. The molecule has 21 heavy (non-hydrogen) atoms. The number of aromatic nitrogens is 1. The molecular weight excluding hydrogens is 264 g/mol. The average Bonchev–Trinajstić information content (AvgIpc) is 2.40. The van der Waals surface area contributed by atoms with E-state index < -0.39 is 6.09 Å². The van der Waals surface area contributed by atoms with Crippen molar-refractivity contribution in [2.24, 2.45) is 0 Å². The number of ether oxygens (including phenoxy) is 1. The van der Waals surface area contributed by atoms with Gasteiger partial charge in [-0.15, -0.1) is 0 Å². The van der Waals surface area contributed by atoms with Gasteiger partial charge < -0.3 is 10.1 Å². The highest BCUT2D eigenvalue weighted by atomic mass is 16.6. The van der Waals surface area contributed by atoms with Gasteiger partial charge >= 0.3 is 6.09 Å². The van der Waals surface area contributed by atoms with E-state index in [2.05, 4.69) is 10.3 Å². The quantitative estimate of drug-likeness (QED) is 0.908. The highest BCUT2D eigenvalue weighted by Crippen LogP contribution is 2.27. The first-order valence-electron chi connectivity index (χ1n) is 6.86. The summed E-state index contributed by atoms with van der Waals surface area (Å²) < 4.78 is 5.34. The third-order valence-corrected chi connectivity index (χ3v) is 2.87. The van der Waals surface area contributed by atoms with E-state index in [9.17, 15) is 4.79 Å². The standard InChI is InChI=1S/C17H20N2O2/c1-12-7-8-14(21-16(20)19-17(2,3)4)10-15(12)13-6-5-9-18-11-13/h5-11H,1-4H3,(H,19,20). The fourth-order valence-corrected chi connectivity index (χ4v) is 1.94. The number of carbonyl (C=O) groups excluding carboxylic acids is 1. The van der Waals surface area contributed by atoms with E-state index in [4.69, 9.17) is 4.74 Å². The first kappa shape index (κ1) is 15.0. The molecule has 4 nitrogen and oxygen atoms in total. The van der Waals surface area contributed by atoms with Crippen molar-refractivity contribution >= 4 is 6.09 Å². The number of rotatable bonds is 2. The van der Waals surface area contributed by atoms with Crippen molar-refractivity contribution in [3.8, 4) is 16.9 Å². The lowest BCUT2D eigenvalue weighted by atomic mass is 10.0. The molecule has 2 rings (SSSR count). The molecular formula is C17H20N2O2. The van der Waals surface area contributed by atoms with Crippen molar-refractivity contribution in [1.82, 2.24) is 10.3 Å². The van der Waals surface area contributed by atoms with Gasteiger partial charge in [-0.2, -0.15) is 0 Å². The molecule has 2 aromatic rings. The lowest BCUT2D eigenvalue weighted by Crippen LogP contribution is -2.42. The normalized spacial score (nSPS) is 11.0. The molecule has 0 aliphatic carbocycles. The molecule has 1 N–H and O–H groups in total. The van der Waals surface area contributed by atoms with Crippen LogP contribution in [-0.2, 0) is 0 Å². The van der Waals surface area contributed by atoms with E-state index in [1.807, 2.05) is 52.0 Å². The van der Waals surface area contributed by atoms with Crippen molar-refractivity contribution in [1.29, 1.82) is 0 Å². The summed E-state index contributed by atoms with van der Waals surface area (Å²) in [5, 5.41) is 2.77. The highest BCUT2D eigenvalue weighted by Gasteiger charge is 2.15. The predicted molar refractivity (Wildman–Crippen MR) is 83.3 cm³/mol. The fraction of sp³-hybridized carbons (Fsp3) is 0.294. The van der Waals surface area contributed by atoms with Crippen LogP contribution >= 0.6 is 0 Å². The third-order valence-electron chi connectivity index (χ3n) is 2.87. The van der Waals surface area contributed by atoms with Crippen LogP contribution in [0.25, 0.3) is 11.1 Å². The van der Waals surface area contributed by atoms with Crippen molar-refractivity contribution in [3.63, 3.8) is 0 Å². The summed E-state index contributed by atoms with van der Waals surface area (Å²) in [7, 11) is 0. The number of hydrogen-bond donors (Lipinski definition) is 1. The molecule has 0 aliphatic heterocycles. The van der Waals surface area contributed by atoms with Gasteiger partial charge in [0, 0.05) is 23.5 Å². The maximum absolute atomic E-state index is 11.8. The second-order valence-corrected chi connectivity index (χ2v) is 5.98. The van der Waals surface area contributed by atoms with Crippen molar-refractivity contribution < 1.29 is 9.53 Å². The molecule has 1 aromatic carbocycles. The second kappa shape index (κ2) is 5.95. The van der Waals surface area contributed by atoms with E-state index in [0.717, 1.165) is 16.7 Å². The number of nitrogens with zero attached hydrogens (tertiary/aromatic N) is 1. The Kier molecular flexibility index (Phi) is 4.26. The van der Waals surface area contributed by atoms with Crippen LogP contribution in [0.5, 0.6) is 5.75 Å². The summed E-state index contributed by atoms with van der Waals surface area (Å²) in [6, 6.07) is 9.44. The van der Waals surface area contributed by atoms with Gasteiger partial charge in [0.15, 0.2) is 0 Å². The number of amides is 1. The smallest absolute Gasteiger partial charge is 0.410 e. The maximum atomic E-state index is 11.8. The van der Waals surface area contributed by atoms with Crippen LogP contribution in [0.3, 0.4) is 0 Å². The molecule has 110 valence electrons. The molecule has 4 heteroatoms. The minimum absolute atomic E-state index is 0.325. The molecule has 0 aliphatic rings. The van der Waals surface area contributed by atoms with E-state index in [-0.39, 0.29) is 5.54 Å². The van der Waals surface area contributed by atoms with Crippen molar-refractivity contribution in [2.45, 2.75) is 33.2 Å². The topological polar surface area (TPSA) is 51.2 Å². The molecule has 0 saturated carbocycles. The Morgan fingerprint density at radius 3 is 2.62 bits per heavy atom. The Hall–Kier alpha value is -2.36. The van der Waals surface area contributed by atoms with Gasteiger partial charge in [0.05, 0.1) is 0 Å². The SMILES string of the molecule is Cc1ccc(OC(=O)NC(C)(C)C)cc1-c1cccnc1. The Labute approximate surface area is 125 Å². The van der Waals surface area contributed by atoms with Gasteiger partial charge in [-0.05, 0) is 57.0 Å². The van der Waals surface area contributed by atoms with Crippen LogP contribution in [-0.4, -0.2) is 16.6 Å². The van der Waals surface area contributed by atoms with Gasteiger partial charge in [0.1, 0.15) is 5.75 Å². The van der Waals surface area contributed by atoms with Crippen LogP contribution in [0.1, 0.15) is 26.3 Å².